The number of nitrogens with zero attached hydrogens (tertiary/aromatic N) is 2. The molecule has 0 radical (unpaired) electrons. The van der Waals surface area contributed by atoms with Gasteiger partial charge in [-0.1, -0.05) is 18.8 Å². The highest BCUT2D eigenvalue weighted by Crippen LogP contribution is 2.12. The van der Waals surface area contributed by atoms with Crippen molar-refractivity contribution in [1.82, 2.24) is 9.88 Å². The number of aliphatic hydroxyl groups excluding tert-OH is 1. The lowest BCUT2D eigenvalue weighted by Gasteiger charge is -2.26. The van der Waals surface area contributed by atoms with Gasteiger partial charge in [-0.25, -0.2) is 0 Å². The Labute approximate surface area is 114 Å². The Hall–Kier alpha value is -1.86. The molecule has 0 atom stereocenters. The molecule has 0 bridgehead atoms. The van der Waals surface area contributed by atoms with Crippen LogP contribution in [-0.4, -0.2) is 40.1 Å². The fourth-order valence-electron chi connectivity index (χ4n) is 1.81. The van der Waals surface area contributed by atoms with Crippen LogP contribution in [0.4, 0.5) is 0 Å². The minimum atomic E-state index is -0.231. The summed E-state index contributed by atoms with van der Waals surface area (Å²) in [5.74, 6) is 5.28. The monoisotopic (exact) mass is 260 g/mol. The Kier molecular flexibility index (Phi) is 6.04. The molecule has 1 heterocycles. The maximum Gasteiger partial charge on any atom is 0.255 e. The summed E-state index contributed by atoms with van der Waals surface area (Å²) in [7, 11) is 0. The molecule has 4 heteroatoms. The molecule has 1 N–H and O–H groups in total. The number of aromatic nitrogens is 1. The molecule has 0 aromatic carbocycles. The minimum absolute atomic E-state index is 0.0403. The predicted molar refractivity (Wildman–Crippen MR) is 74.7 cm³/mol. The SMILES string of the molecule is CCCN(C(=O)c1ccncc1C#CCO)C(C)C. The maximum atomic E-state index is 12.5. The van der Waals surface area contributed by atoms with Crippen LogP contribution in [0.3, 0.4) is 0 Å². The molecule has 1 aromatic heterocycles. The van der Waals surface area contributed by atoms with Gasteiger partial charge in [-0.05, 0) is 26.3 Å². The molecule has 0 spiro atoms. The van der Waals surface area contributed by atoms with E-state index in [2.05, 4.69) is 16.8 Å². The lowest BCUT2D eigenvalue weighted by Crippen LogP contribution is -2.37. The molecule has 1 amide bonds. The smallest absolute Gasteiger partial charge is 0.255 e. The first-order valence-electron chi connectivity index (χ1n) is 6.46. The molecule has 0 aliphatic heterocycles. The van der Waals surface area contributed by atoms with Crippen molar-refractivity contribution in [2.45, 2.75) is 33.2 Å². The van der Waals surface area contributed by atoms with Gasteiger partial charge in [-0.2, -0.15) is 0 Å². The third-order valence-corrected chi connectivity index (χ3v) is 2.70. The second-order valence-corrected chi connectivity index (χ2v) is 4.47. The largest absolute Gasteiger partial charge is 0.384 e. The fourth-order valence-corrected chi connectivity index (χ4v) is 1.81. The molecule has 1 aromatic rings. The van der Waals surface area contributed by atoms with Crippen LogP contribution in [0.1, 0.15) is 43.1 Å². The average Bonchev–Trinajstić information content (AvgIpc) is 2.41. The lowest BCUT2D eigenvalue weighted by atomic mass is 10.1. The van der Waals surface area contributed by atoms with E-state index in [-0.39, 0.29) is 18.6 Å². The molecule has 1 rings (SSSR count). The maximum absolute atomic E-state index is 12.5. The summed E-state index contributed by atoms with van der Waals surface area (Å²) in [4.78, 5) is 18.3. The van der Waals surface area contributed by atoms with Crippen LogP contribution in [0.25, 0.3) is 0 Å². The van der Waals surface area contributed by atoms with E-state index >= 15 is 0 Å². The van der Waals surface area contributed by atoms with E-state index in [1.165, 1.54) is 0 Å². The zero-order chi connectivity index (χ0) is 14.3. The van der Waals surface area contributed by atoms with E-state index in [0.29, 0.717) is 17.7 Å². The van der Waals surface area contributed by atoms with Crippen molar-refractivity contribution in [2.24, 2.45) is 0 Å². The second-order valence-electron chi connectivity index (χ2n) is 4.47. The number of aliphatic hydroxyl groups is 1. The molecule has 19 heavy (non-hydrogen) atoms. The number of pyridine rings is 1. The Morgan fingerprint density at radius 3 is 2.84 bits per heavy atom. The molecule has 102 valence electrons. The Bertz CT molecular complexity index is 486. The molecule has 0 saturated carbocycles. The minimum Gasteiger partial charge on any atom is -0.384 e. The van der Waals surface area contributed by atoms with Crippen LogP contribution in [-0.2, 0) is 0 Å². The second kappa shape index (κ2) is 7.55. The number of carbonyl (C=O) groups is 1. The van der Waals surface area contributed by atoms with Crippen LogP contribution < -0.4 is 0 Å². The van der Waals surface area contributed by atoms with Crippen molar-refractivity contribution in [3.63, 3.8) is 0 Å². The van der Waals surface area contributed by atoms with Crippen molar-refractivity contribution in [3.8, 4) is 11.8 Å². The summed E-state index contributed by atoms with van der Waals surface area (Å²) in [6.07, 6.45) is 4.05. The summed E-state index contributed by atoms with van der Waals surface area (Å²) in [5, 5.41) is 8.75. The predicted octanol–water partition coefficient (Wildman–Crippen LogP) is 1.69. The van der Waals surface area contributed by atoms with Gasteiger partial charge in [0, 0.05) is 25.0 Å². The number of rotatable bonds is 4. The highest BCUT2D eigenvalue weighted by molar-refractivity contribution is 5.96. The van der Waals surface area contributed by atoms with E-state index in [0.717, 1.165) is 6.42 Å². The van der Waals surface area contributed by atoms with Gasteiger partial charge in [0.1, 0.15) is 6.61 Å². The van der Waals surface area contributed by atoms with Gasteiger partial charge >= 0.3 is 0 Å². The van der Waals surface area contributed by atoms with E-state index < -0.39 is 0 Å². The van der Waals surface area contributed by atoms with Gasteiger partial charge in [-0.3, -0.25) is 9.78 Å². The summed E-state index contributed by atoms with van der Waals surface area (Å²) in [6, 6.07) is 1.81. The highest BCUT2D eigenvalue weighted by atomic mass is 16.2. The van der Waals surface area contributed by atoms with Gasteiger partial charge in [0.05, 0.1) is 11.1 Å². The lowest BCUT2D eigenvalue weighted by molar-refractivity contribution is 0.0705. The van der Waals surface area contributed by atoms with Crippen molar-refractivity contribution in [1.29, 1.82) is 0 Å². The Balaban J connectivity index is 3.10. The van der Waals surface area contributed by atoms with E-state index in [1.807, 2.05) is 25.7 Å². The fraction of sp³-hybridized carbons (Fsp3) is 0.467. The zero-order valence-electron chi connectivity index (χ0n) is 11.7. The third kappa shape index (κ3) is 4.08. The number of hydrogen-bond acceptors (Lipinski definition) is 3. The first-order chi connectivity index (χ1) is 9.11. The van der Waals surface area contributed by atoms with Crippen LogP contribution in [0.2, 0.25) is 0 Å². The van der Waals surface area contributed by atoms with E-state index in [4.69, 9.17) is 5.11 Å². The standard InChI is InChI=1S/C15H20N2O2/c1-4-9-17(12(2)3)15(19)14-7-8-16-11-13(14)6-5-10-18/h7-8,11-12,18H,4,9-10H2,1-3H3. The average molecular weight is 260 g/mol. The van der Waals surface area contributed by atoms with Gasteiger partial charge in [-0.15, -0.1) is 0 Å². The highest BCUT2D eigenvalue weighted by Gasteiger charge is 2.19. The van der Waals surface area contributed by atoms with Gasteiger partial charge in [0.2, 0.25) is 0 Å². The van der Waals surface area contributed by atoms with Crippen LogP contribution in [0.15, 0.2) is 18.5 Å². The first-order valence-corrected chi connectivity index (χ1v) is 6.46. The number of carbonyl (C=O) groups excluding carboxylic acids is 1. The quantitative estimate of drug-likeness (QED) is 0.838. The van der Waals surface area contributed by atoms with Crippen molar-refractivity contribution >= 4 is 5.91 Å². The molecular weight excluding hydrogens is 240 g/mol. The third-order valence-electron chi connectivity index (χ3n) is 2.70. The summed E-state index contributed by atoms with van der Waals surface area (Å²) < 4.78 is 0. The summed E-state index contributed by atoms with van der Waals surface area (Å²) in [6.45, 7) is 6.51. The topological polar surface area (TPSA) is 53.4 Å². The molecule has 4 nitrogen and oxygen atoms in total. The van der Waals surface area contributed by atoms with Crippen molar-refractivity contribution in [2.75, 3.05) is 13.2 Å². The van der Waals surface area contributed by atoms with E-state index in [9.17, 15) is 4.79 Å². The van der Waals surface area contributed by atoms with Crippen LogP contribution in [0, 0.1) is 11.8 Å². The van der Waals surface area contributed by atoms with Crippen molar-refractivity contribution in [3.05, 3.63) is 29.6 Å². The van der Waals surface area contributed by atoms with E-state index in [1.54, 1.807) is 18.5 Å². The first kappa shape index (κ1) is 15.2. The summed E-state index contributed by atoms with van der Waals surface area (Å²) >= 11 is 0. The number of hydrogen-bond donors (Lipinski definition) is 1. The van der Waals surface area contributed by atoms with Crippen LogP contribution >= 0.6 is 0 Å². The zero-order valence-corrected chi connectivity index (χ0v) is 11.7. The molecule has 0 saturated heterocycles. The molecule has 0 aliphatic carbocycles. The Morgan fingerprint density at radius 1 is 1.53 bits per heavy atom. The van der Waals surface area contributed by atoms with Gasteiger partial charge in [0.15, 0.2) is 0 Å². The normalized spacial score (nSPS) is 9.95. The van der Waals surface area contributed by atoms with Crippen molar-refractivity contribution < 1.29 is 9.90 Å². The molecular formula is C15H20N2O2. The van der Waals surface area contributed by atoms with Gasteiger partial charge in [0.25, 0.3) is 5.91 Å². The van der Waals surface area contributed by atoms with Crippen LogP contribution in [0.5, 0.6) is 0 Å². The summed E-state index contributed by atoms with van der Waals surface area (Å²) in [5.41, 5.74) is 1.10. The number of amides is 1. The molecule has 0 unspecified atom stereocenters. The Morgan fingerprint density at radius 2 is 2.26 bits per heavy atom. The van der Waals surface area contributed by atoms with Gasteiger partial charge < -0.3 is 10.0 Å². The molecule has 0 fully saturated rings. The molecule has 0 aliphatic rings.